The van der Waals surface area contributed by atoms with Crippen LogP contribution in [-0.4, -0.2) is 23.5 Å². The predicted molar refractivity (Wildman–Crippen MR) is 90.8 cm³/mol. The monoisotopic (exact) mass is 342 g/mol. The Kier molecular flexibility index (Phi) is 3.99. The van der Waals surface area contributed by atoms with Crippen molar-refractivity contribution in [2.75, 3.05) is 0 Å². The second-order valence-corrected chi connectivity index (χ2v) is 6.44. The van der Waals surface area contributed by atoms with Crippen molar-refractivity contribution in [2.24, 2.45) is 0 Å². The summed E-state index contributed by atoms with van der Waals surface area (Å²) in [5.41, 5.74) is -0.994. The number of hydrogen-bond acceptors (Lipinski definition) is 6. The van der Waals surface area contributed by atoms with Gasteiger partial charge in [-0.15, -0.1) is 0 Å². The lowest BCUT2D eigenvalue weighted by atomic mass is 9.88. The first kappa shape index (κ1) is 17.0. The fourth-order valence-corrected chi connectivity index (χ4v) is 2.73. The summed E-state index contributed by atoms with van der Waals surface area (Å²) < 4.78 is 16.5. The second kappa shape index (κ2) is 5.88. The zero-order valence-corrected chi connectivity index (χ0v) is 14.4. The van der Waals surface area contributed by atoms with Crippen molar-refractivity contribution in [3.8, 4) is 5.75 Å². The number of rotatable bonds is 2. The van der Waals surface area contributed by atoms with Crippen molar-refractivity contribution >= 4 is 22.7 Å². The first-order chi connectivity index (χ1) is 11.7. The summed E-state index contributed by atoms with van der Waals surface area (Å²) in [4.78, 5) is 36.8. The topological polar surface area (TPSA) is 82.8 Å². The summed E-state index contributed by atoms with van der Waals surface area (Å²) in [6, 6.07) is 6.20. The van der Waals surface area contributed by atoms with E-state index in [0.717, 1.165) is 0 Å². The van der Waals surface area contributed by atoms with Crippen LogP contribution < -0.4 is 10.4 Å². The Hall–Kier alpha value is -2.89. The van der Waals surface area contributed by atoms with Crippen LogP contribution in [0.2, 0.25) is 0 Å². The minimum Gasteiger partial charge on any atom is -0.483 e. The normalized spacial score (nSPS) is 19.3. The molecule has 2 heterocycles. The van der Waals surface area contributed by atoms with Gasteiger partial charge in [-0.05, 0) is 45.9 Å². The second-order valence-electron chi connectivity index (χ2n) is 6.44. The molecule has 0 unspecified atom stereocenters. The number of ketones is 1. The molecule has 1 aromatic heterocycles. The zero-order chi connectivity index (χ0) is 18.4. The SMILES string of the molecule is C/C=C(/C)C(=O)O[C@H]1C(=O)c2c(ccc3ccc(=O)oc23)OC1(C)C. The number of carbonyl (C=O) groups excluding carboxylic acids is 2. The Morgan fingerprint density at radius 1 is 1.20 bits per heavy atom. The lowest BCUT2D eigenvalue weighted by Crippen LogP contribution is -2.52. The van der Waals surface area contributed by atoms with Crippen molar-refractivity contribution in [3.63, 3.8) is 0 Å². The third-order valence-electron chi connectivity index (χ3n) is 4.22. The van der Waals surface area contributed by atoms with Crippen LogP contribution >= 0.6 is 0 Å². The van der Waals surface area contributed by atoms with E-state index in [9.17, 15) is 14.4 Å². The molecule has 0 saturated carbocycles. The van der Waals surface area contributed by atoms with Crippen LogP contribution in [0.25, 0.3) is 11.0 Å². The van der Waals surface area contributed by atoms with Crippen LogP contribution in [0.1, 0.15) is 38.1 Å². The van der Waals surface area contributed by atoms with Crippen molar-refractivity contribution in [1.82, 2.24) is 0 Å². The van der Waals surface area contributed by atoms with E-state index < -0.39 is 29.1 Å². The molecule has 6 nitrogen and oxygen atoms in total. The summed E-state index contributed by atoms with van der Waals surface area (Å²) in [6.07, 6.45) is 0.449. The van der Waals surface area contributed by atoms with Gasteiger partial charge in [0.2, 0.25) is 11.9 Å². The third kappa shape index (κ3) is 2.84. The highest BCUT2D eigenvalue weighted by Gasteiger charge is 2.47. The maximum Gasteiger partial charge on any atom is 0.336 e. The molecule has 0 spiro atoms. The number of carbonyl (C=O) groups is 2. The smallest absolute Gasteiger partial charge is 0.336 e. The fraction of sp³-hybridized carbons (Fsp3) is 0.316. The van der Waals surface area contributed by atoms with E-state index in [1.165, 1.54) is 6.07 Å². The maximum absolute atomic E-state index is 13.1. The summed E-state index contributed by atoms with van der Waals surface area (Å²) in [7, 11) is 0. The molecule has 0 aliphatic carbocycles. The van der Waals surface area contributed by atoms with Crippen LogP contribution in [0.4, 0.5) is 0 Å². The molecule has 3 rings (SSSR count). The molecule has 1 aliphatic heterocycles. The van der Waals surface area contributed by atoms with Gasteiger partial charge in [0, 0.05) is 17.0 Å². The standard InChI is InChI=1S/C19H18O6/c1-5-10(2)18(22)24-17-15(21)14-12(25-19(17,3)4)8-6-11-7-9-13(20)23-16(11)14/h5-9,17H,1-4H3/b10-5-/t17-/m0/s1. The van der Waals surface area contributed by atoms with E-state index in [0.29, 0.717) is 16.7 Å². The largest absolute Gasteiger partial charge is 0.483 e. The van der Waals surface area contributed by atoms with Gasteiger partial charge in [0.15, 0.2) is 5.58 Å². The first-order valence-corrected chi connectivity index (χ1v) is 7.88. The third-order valence-corrected chi connectivity index (χ3v) is 4.22. The molecule has 6 heteroatoms. The molecular weight excluding hydrogens is 324 g/mol. The van der Waals surface area contributed by atoms with E-state index in [-0.39, 0.29) is 11.1 Å². The minimum atomic E-state index is -1.15. The van der Waals surface area contributed by atoms with E-state index in [1.54, 1.807) is 52.0 Å². The lowest BCUT2D eigenvalue weighted by molar-refractivity contribution is -0.151. The number of hydrogen-bond donors (Lipinski definition) is 0. The summed E-state index contributed by atoms with van der Waals surface area (Å²) in [6.45, 7) is 6.65. The summed E-state index contributed by atoms with van der Waals surface area (Å²) in [5.74, 6) is -0.752. The number of ether oxygens (including phenoxy) is 2. The van der Waals surface area contributed by atoms with E-state index in [4.69, 9.17) is 13.9 Å². The molecule has 2 aromatic rings. The van der Waals surface area contributed by atoms with Crippen molar-refractivity contribution < 1.29 is 23.5 Å². The average Bonchev–Trinajstić information content (AvgIpc) is 2.56. The Labute approximate surface area is 144 Å². The Balaban J connectivity index is 2.14. The summed E-state index contributed by atoms with van der Waals surface area (Å²) >= 11 is 0. The lowest BCUT2D eigenvalue weighted by Gasteiger charge is -2.38. The molecule has 0 N–H and O–H groups in total. The quantitative estimate of drug-likeness (QED) is 0.474. The van der Waals surface area contributed by atoms with E-state index in [1.807, 2.05) is 0 Å². The molecule has 0 radical (unpaired) electrons. The van der Waals surface area contributed by atoms with Crippen LogP contribution in [0.3, 0.4) is 0 Å². The van der Waals surface area contributed by atoms with Crippen molar-refractivity contribution in [3.05, 3.63) is 51.9 Å². The van der Waals surface area contributed by atoms with Gasteiger partial charge in [-0.25, -0.2) is 9.59 Å². The van der Waals surface area contributed by atoms with Gasteiger partial charge in [0.1, 0.15) is 16.9 Å². The fourth-order valence-electron chi connectivity index (χ4n) is 2.73. The maximum atomic E-state index is 13.1. The zero-order valence-electron chi connectivity index (χ0n) is 14.4. The van der Waals surface area contributed by atoms with Crippen LogP contribution in [0.15, 0.2) is 45.1 Å². The highest BCUT2D eigenvalue weighted by molar-refractivity contribution is 6.12. The molecule has 1 aromatic carbocycles. The number of esters is 1. The van der Waals surface area contributed by atoms with Gasteiger partial charge in [0.05, 0.1) is 0 Å². The van der Waals surface area contributed by atoms with Gasteiger partial charge in [-0.1, -0.05) is 6.08 Å². The Bertz CT molecular complexity index is 964. The van der Waals surface area contributed by atoms with E-state index >= 15 is 0 Å². The van der Waals surface area contributed by atoms with E-state index in [2.05, 4.69) is 0 Å². The molecule has 1 atom stereocenters. The Morgan fingerprint density at radius 2 is 1.88 bits per heavy atom. The molecular formula is C19H18O6. The highest BCUT2D eigenvalue weighted by atomic mass is 16.6. The van der Waals surface area contributed by atoms with Gasteiger partial charge in [-0.2, -0.15) is 0 Å². The highest BCUT2D eigenvalue weighted by Crippen LogP contribution is 2.38. The van der Waals surface area contributed by atoms with Crippen LogP contribution in [-0.2, 0) is 9.53 Å². The number of fused-ring (bicyclic) bond motifs is 3. The number of benzene rings is 1. The first-order valence-electron chi connectivity index (χ1n) is 7.88. The van der Waals surface area contributed by atoms with Gasteiger partial charge in [-0.3, -0.25) is 4.79 Å². The Morgan fingerprint density at radius 3 is 2.56 bits per heavy atom. The molecule has 0 saturated heterocycles. The molecule has 1 aliphatic rings. The van der Waals surface area contributed by atoms with Crippen LogP contribution in [0, 0.1) is 0 Å². The average molecular weight is 342 g/mol. The van der Waals surface area contributed by atoms with Crippen LogP contribution in [0.5, 0.6) is 5.75 Å². The van der Waals surface area contributed by atoms with Crippen molar-refractivity contribution in [2.45, 2.75) is 39.4 Å². The summed E-state index contributed by atoms with van der Waals surface area (Å²) in [5, 5.41) is 0.588. The molecule has 25 heavy (non-hydrogen) atoms. The number of allylic oxidation sites excluding steroid dienone is 1. The molecule has 130 valence electrons. The minimum absolute atomic E-state index is 0.116. The molecule has 0 fully saturated rings. The van der Waals surface area contributed by atoms with Gasteiger partial charge >= 0.3 is 11.6 Å². The van der Waals surface area contributed by atoms with Crippen molar-refractivity contribution in [1.29, 1.82) is 0 Å². The van der Waals surface area contributed by atoms with Gasteiger partial charge in [0.25, 0.3) is 0 Å². The van der Waals surface area contributed by atoms with Gasteiger partial charge < -0.3 is 13.9 Å². The number of Topliss-reactive ketones (excluding diaryl/α,β-unsaturated/α-hetero) is 1. The molecule has 0 amide bonds. The molecule has 0 bridgehead atoms. The predicted octanol–water partition coefficient (Wildman–Crippen LogP) is 3.02.